The Morgan fingerprint density at radius 1 is 1.33 bits per heavy atom. The fraction of sp³-hybridized carbons (Fsp3) is 0.211. The zero-order valence-electron chi connectivity index (χ0n) is 13.3. The summed E-state index contributed by atoms with van der Waals surface area (Å²) in [5.74, 6) is 0.387. The number of methoxy groups -OCH3 is 1. The second kappa shape index (κ2) is 5.67. The van der Waals surface area contributed by atoms with Gasteiger partial charge >= 0.3 is 0 Å². The molecule has 2 aromatic carbocycles. The van der Waals surface area contributed by atoms with Crippen LogP contribution in [-0.4, -0.2) is 24.5 Å². The number of benzene rings is 2. The van der Waals surface area contributed by atoms with Crippen LogP contribution in [0.5, 0.6) is 5.75 Å². The van der Waals surface area contributed by atoms with Crippen LogP contribution in [-0.2, 0) is 17.6 Å². The highest BCUT2D eigenvalue weighted by Crippen LogP contribution is 2.32. The molecule has 1 aliphatic heterocycles. The first-order chi connectivity index (χ1) is 11.7. The highest BCUT2D eigenvalue weighted by atomic mass is 19.1. The molecule has 1 aromatic heterocycles. The van der Waals surface area contributed by atoms with Gasteiger partial charge in [0.15, 0.2) is 0 Å². The van der Waals surface area contributed by atoms with E-state index in [1.165, 1.54) is 12.1 Å². The van der Waals surface area contributed by atoms with Gasteiger partial charge in [-0.3, -0.25) is 4.79 Å². The molecule has 0 saturated heterocycles. The van der Waals surface area contributed by atoms with Crippen molar-refractivity contribution in [2.24, 2.45) is 0 Å². The number of carbonyl (C=O) groups is 1. The first-order valence-electron chi connectivity index (χ1n) is 7.89. The van der Waals surface area contributed by atoms with E-state index in [-0.39, 0.29) is 18.1 Å². The largest absolute Gasteiger partial charge is 0.496 e. The lowest BCUT2D eigenvalue weighted by Gasteiger charge is -2.17. The van der Waals surface area contributed by atoms with Crippen molar-refractivity contribution in [3.63, 3.8) is 0 Å². The predicted octanol–water partition coefficient (Wildman–Crippen LogP) is 3.45. The van der Waals surface area contributed by atoms with Gasteiger partial charge in [0.25, 0.3) is 0 Å². The van der Waals surface area contributed by atoms with Crippen LogP contribution < -0.4 is 9.64 Å². The average molecular weight is 324 g/mol. The number of ether oxygens (including phenoxy) is 1. The fourth-order valence-electron chi connectivity index (χ4n) is 3.40. The molecule has 2 heterocycles. The van der Waals surface area contributed by atoms with Gasteiger partial charge in [-0.1, -0.05) is 12.1 Å². The van der Waals surface area contributed by atoms with Gasteiger partial charge in [0.2, 0.25) is 5.91 Å². The lowest BCUT2D eigenvalue weighted by molar-refractivity contribution is -0.117. The van der Waals surface area contributed by atoms with Crippen molar-refractivity contribution in [1.29, 1.82) is 0 Å². The van der Waals surface area contributed by atoms with Gasteiger partial charge in [-0.05, 0) is 41.8 Å². The van der Waals surface area contributed by atoms with Crippen LogP contribution >= 0.6 is 0 Å². The molecule has 24 heavy (non-hydrogen) atoms. The molecule has 4 nitrogen and oxygen atoms in total. The molecular weight excluding hydrogens is 307 g/mol. The Morgan fingerprint density at radius 3 is 3.04 bits per heavy atom. The molecule has 0 radical (unpaired) electrons. The molecule has 0 bridgehead atoms. The van der Waals surface area contributed by atoms with Crippen molar-refractivity contribution < 1.29 is 13.9 Å². The third-order valence-electron chi connectivity index (χ3n) is 4.55. The monoisotopic (exact) mass is 324 g/mol. The quantitative estimate of drug-likeness (QED) is 0.802. The van der Waals surface area contributed by atoms with Crippen LogP contribution in [0.4, 0.5) is 10.1 Å². The van der Waals surface area contributed by atoms with E-state index in [0.29, 0.717) is 12.2 Å². The molecule has 3 aromatic rings. The van der Waals surface area contributed by atoms with Crippen LogP contribution in [0, 0.1) is 5.82 Å². The minimum absolute atomic E-state index is 0.0360. The summed E-state index contributed by atoms with van der Waals surface area (Å²) in [5.41, 5.74) is 3.52. The SMILES string of the molecule is COc1cccc2[nH]cc(CC(=O)N3CCc4ccc(F)cc43)c12. The van der Waals surface area contributed by atoms with Crippen LogP contribution in [0.2, 0.25) is 0 Å². The molecular formula is C19H17FN2O2. The molecule has 0 aliphatic carbocycles. The van der Waals surface area contributed by atoms with E-state index in [1.54, 1.807) is 18.1 Å². The smallest absolute Gasteiger partial charge is 0.231 e. The van der Waals surface area contributed by atoms with Crippen LogP contribution in [0.25, 0.3) is 10.9 Å². The summed E-state index contributed by atoms with van der Waals surface area (Å²) in [4.78, 5) is 17.6. The number of hydrogen-bond donors (Lipinski definition) is 1. The van der Waals surface area contributed by atoms with Crippen LogP contribution in [0.1, 0.15) is 11.1 Å². The summed E-state index contributed by atoms with van der Waals surface area (Å²) in [5, 5.41) is 0.923. The number of nitrogens with zero attached hydrogens (tertiary/aromatic N) is 1. The summed E-state index contributed by atoms with van der Waals surface area (Å²) in [6.45, 7) is 0.594. The number of H-pyrrole nitrogens is 1. The van der Waals surface area contributed by atoms with Gasteiger partial charge in [0, 0.05) is 29.3 Å². The minimum atomic E-state index is -0.317. The predicted molar refractivity (Wildman–Crippen MR) is 91.0 cm³/mol. The molecule has 1 aliphatic rings. The van der Waals surface area contributed by atoms with E-state index in [4.69, 9.17) is 4.74 Å². The Hall–Kier alpha value is -2.82. The summed E-state index contributed by atoms with van der Waals surface area (Å²) in [6, 6.07) is 10.4. The Kier molecular flexibility index (Phi) is 3.49. The van der Waals surface area contributed by atoms with Crippen molar-refractivity contribution in [2.45, 2.75) is 12.8 Å². The molecule has 0 saturated carbocycles. The third kappa shape index (κ3) is 2.33. The maximum Gasteiger partial charge on any atom is 0.231 e. The van der Waals surface area contributed by atoms with E-state index in [1.807, 2.05) is 24.4 Å². The second-order valence-corrected chi connectivity index (χ2v) is 5.94. The Morgan fingerprint density at radius 2 is 2.21 bits per heavy atom. The molecule has 0 spiro atoms. The second-order valence-electron chi connectivity index (χ2n) is 5.94. The zero-order valence-corrected chi connectivity index (χ0v) is 13.3. The number of fused-ring (bicyclic) bond motifs is 2. The van der Waals surface area contributed by atoms with Crippen molar-refractivity contribution in [2.75, 3.05) is 18.6 Å². The Bertz CT molecular complexity index is 932. The number of hydrogen-bond acceptors (Lipinski definition) is 2. The third-order valence-corrected chi connectivity index (χ3v) is 4.55. The highest BCUT2D eigenvalue weighted by Gasteiger charge is 2.26. The summed E-state index contributed by atoms with van der Waals surface area (Å²) >= 11 is 0. The van der Waals surface area contributed by atoms with Gasteiger partial charge in [-0.25, -0.2) is 4.39 Å². The Labute approximate surface area is 138 Å². The van der Waals surface area contributed by atoms with E-state index in [0.717, 1.165) is 34.2 Å². The minimum Gasteiger partial charge on any atom is -0.496 e. The molecule has 1 amide bonds. The van der Waals surface area contributed by atoms with Crippen LogP contribution in [0.3, 0.4) is 0 Å². The molecule has 1 N–H and O–H groups in total. The molecule has 0 atom stereocenters. The zero-order chi connectivity index (χ0) is 16.7. The van der Waals surface area contributed by atoms with E-state index >= 15 is 0 Å². The number of rotatable bonds is 3. The summed E-state index contributed by atoms with van der Waals surface area (Å²) < 4.78 is 18.9. The van der Waals surface area contributed by atoms with Gasteiger partial charge in [-0.2, -0.15) is 0 Å². The first kappa shape index (κ1) is 14.8. The number of nitrogens with one attached hydrogen (secondary N) is 1. The number of aromatic amines is 1. The van der Waals surface area contributed by atoms with Crippen molar-refractivity contribution in [1.82, 2.24) is 4.98 Å². The maximum absolute atomic E-state index is 13.5. The van der Waals surface area contributed by atoms with Crippen molar-refractivity contribution in [3.8, 4) is 5.75 Å². The van der Waals surface area contributed by atoms with Gasteiger partial charge in [0.05, 0.1) is 13.5 Å². The number of aromatic nitrogens is 1. The van der Waals surface area contributed by atoms with Gasteiger partial charge in [0.1, 0.15) is 11.6 Å². The first-order valence-corrected chi connectivity index (χ1v) is 7.89. The molecule has 122 valence electrons. The molecule has 5 heteroatoms. The van der Waals surface area contributed by atoms with Gasteiger partial charge in [-0.15, -0.1) is 0 Å². The normalized spacial score (nSPS) is 13.3. The number of anilines is 1. The average Bonchev–Trinajstić information content (AvgIpc) is 3.18. The molecule has 0 fully saturated rings. The topological polar surface area (TPSA) is 45.3 Å². The van der Waals surface area contributed by atoms with Crippen LogP contribution in [0.15, 0.2) is 42.6 Å². The molecule has 4 rings (SSSR count). The standard InChI is InChI=1S/C19H17FN2O2/c1-24-17-4-2-3-15-19(17)13(11-21-15)9-18(23)22-8-7-12-5-6-14(20)10-16(12)22/h2-6,10-11,21H,7-9H2,1H3. The summed E-state index contributed by atoms with van der Waals surface area (Å²) in [6.07, 6.45) is 2.85. The summed E-state index contributed by atoms with van der Waals surface area (Å²) in [7, 11) is 1.62. The maximum atomic E-state index is 13.5. The number of carbonyl (C=O) groups excluding carboxylic acids is 1. The van der Waals surface area contributed by atoms with E-state index in [9.17, 15) is 9.18 Å². The number of halogens is 1. The lowest BCUT2D eigenvalue weighted by Crippen LogP contribution is -2.30. The highest BCUT2D eigenvalue weighted by molar-refractivity contribution is 6.00. The Balaban J connectivity index is 1.66. The van der Waals surface area contributed by atoms with E-state index < -0.39 is 0 Å². The number of amides is 1. The van der Waals surface area contributed by atoms with Crippen molar-refractivity contribution >= 4 is 22.5 Å². The van der Waals surface area contributed by atoms with Crippen molar-refractivity contribution in [3.05, 3.63) is 59.5 Å². The van der Waals surface area contributed by atoms with Gasteiger partial charge < -0.3 is 14.6 Å². The fourth-order valence-corrected chi connectivity index (χ4v) is 3.40. The lowest BCUT2D eigenvalue weighted by atomic mass is 10.1. The van der Waals surface area contributed by atoms with E-state index in [2.05, 4.69) is 4.98 Å². The molecule has 0 unspecified atom stereocenters.